The zero-order valence-corrected chi connectivity index (χ0v) is 21.8. The van der Waals surface area contributed by atoms with E-state index >= 15 is 0 Å². The Morgan fingerprint density at radius 3 is 2.44 bits per heavy atom. The second kappa shape index (κ2) is 9.95. The highest BCUT2D eigenvalue weighted by atomic mass is 19.1. The van der Waals surface area contributed by atoms with E-state index in [0.29, 0.717) is 42.7 Å². The second-order valence-electron chi connectivity index (χ2n) is 11.6. The average Bonchev–Trinajstić information content (AvgIpc) is 3.54. The minimum absolute atomic E-state index is 0.238. The molecule has 10 heteroatoms. The molecule has 0 unspecified atom stereocenters. The Balaban J connectivity index is 1.11. The van der Waals surface area contributed by atoms with Crippen LogP contribution >= 0.6 is 0 Å². The van der Waals surface area contributed by atoms with Gasteiger partial charge in [0.1, 0.15) is 11.3 Å². The van der Waals surface area contributed by atoms with E-state index in [4.69, 9.17) is 4.74 Å². The molecule has 3 fully saturated rings. The van der Waals surface area contributed by atoms with Crippen molar-refractivity contribution in [2.75, 3.05) is 18.4 Å². The molecule has 3 heterocycles. The van der Waals surface area contributed by atoms with Crippen LogP contribution < -0.4 is 10.6 Å². The van der Waals surface area contributed by atoms with E-state index in [0.717, 1.165) is 43.4 Å². The summed E-state index contributed by atoms with van der Waals surface area (Å²) in [6, 6.07) is 0.999. The molecule has 2 N–H and O–H groups in total. The summed E-state index contributed by atoms with van der Waals surface area (Å²) in [5.74, 6) is 0.723. The fraction of sp³-hybridized carbons (Fsp3) is 0.692. The third-order valence-electron chi connectivity index (χ3n) is 7.30. The van der Waals surface area contributed by atoms with Gasteiger partial charge in [-0.15, -0.1) is 0 Å². The van der Waals surface area contributed by atoms with Gasteiger partial charge in [0, 0.05) is 49.5 Å². The molecule has 0 bridgehead atoms. The van der Waals surface area contributed by atoms with Gasteiger partial charge < -0.3 is 20.3 Å². The maximum Gasteiger partial charge on any atom is 0.410 e. The SMILES string of the molecule is Cn1ncc(-c2nc(NC3CCC(NC4CN(C(=O)OC(C)(C)C)C4)CC3)ncc2F)c1CC1CC1. The van der Waals surface area contributed by atoms with E-state index in [2.05, 4.69) is 25.7 Å². The van der Waals surface area contributed by atoms with E-state index < -0.39 is 11.4 Å². The van der Waals surface area contributed by atoms with Crippen molar-refractivity contribution in [2.45, 2.75) is 89.4 Å². The van der Waals surface area contributed by atoms with Gasteiger partial charge in [-0.3, -0.25) is 4.68 Å². The van der Waals surface area contributed by atoms with Crippen molar-refractivity contribution in [3.63, 3.8) is 0 Å². The first-order valence-corrected chi connectivity index (χ1v) is 13.2. The fourth-order valence-corrected chi connectivity index (χ4v) is 5.10. The van der Waals surface area contributed by atoms with Crippen LogP contribution in [0.4, 0.5) is 15.1 Å². The summed E-state index contributed by atoms with van der Waals surface area (Å²) in [4.78, 5) is 22.7. The molecule has 1 amide bonds. The van der Waals surface area contributed by atoms with Crippen molar-refractivity contribution in [1.29, 1.82) is 0 Å². The number of ether oxygens (including phenoxy) is 1. The summed E-state index contributed by atoms with van der Waals surface area (Å²) < 4.78 is 22.0. The van der Waals surface area contributed by atoms with Crippen molar-refractivity contribution in [3.8, 4) is 11.3 Å². The fourth-order valence-electron chi connectivity index (χ4n) is 5.10. The summed E-state index contributed by atoms with van der Waals surface area (Å²) in [5.41, 5.74) is 1.66. The lowest BCUT2D eigenvalue weighted by atomic mass is 9.90. The monoisotopic (exact) mass is 499 g/mol. The van der Waals surface area contributed by atoms with Crippen LogP contribution in [-0.4, -0.2) is 67.6 Å². The van der Waals surface area contributed by atoms with Crippen molar-refractivity contribution >= 4 is 12.0 Å². The van der Waals surface area contributed by atoms with Crippen LogP contribution in [-0.2, 0) is 18.2 Å². The highest BCUT2D eigenvalue weighted by Gasteiger charge is 2.35. The Bertz CT molecular complexity index is 1080. The second-order valence-corrected chi connectivity index (χ2v) is 11.6. The zero-order chi connectivity index (χ0) is 25.4. The van der Waals surface area contributed by atoms with Crippen molar-refractivity contribution in [3.05, 3.63) is 23.9 Å². The van der Waals surface area contributed by atoms with Crippen molar-refractivity contribution in [2.24, 2.45) is 13.0 Å². The maximum absolute atomic E-state index is 14.7. The first-order valence-electron chi connectivity index (χ1n) is 13.2. The molecule has 196 valence electrons. The average molecular weight is 500 g/mol. The molecule has 0 spiro atoms. The normalized spacial score (nSPS) is 22.9. The predicted octanol–water partition coefficient (Wildman–Crippen LogP) is 3.90. The van der Waals surface area contributed by atoms with Gasteiger partial charge in [0.15, 0.2) is 5.82 Å². The topological polar surface area (TPSA) is 97.2 Å². The number of rotatable bonds is 7. The van der Waals surface area contributed by atoms with Gasteiger partial charge in [-0.1, -0.05) is 0 Å². The Kier molecular flexibility index (Phi) is 6.89. The molecule has 1 saturated heterocycles. The number of halogens is 1. The standard InChI is InChI=1S/C26H38FN7O2/c1-26(2,3)36-25(35)34-14-19(15-34)30-17-7-9-18(10-8-17)31-24-28-13-21(27)23(32-24)20-12-29-33(4)22(20)11-16-5-6-16/h12-13,16-19,30H,5-11,14-15H2,1-4H3,(H,28,31,32). The molecule has 9 nitrogen and oxygen atoms in total. The summed E-state index contributed by atoms with van der Waals surface area (Å²) in [7, 11) is 1.91. The molecule has 5 rings (SSSR count). The van der Waals surface area contributed by atoms with Gasteiger partial charge in [0.05, 0.1) is 12.4 Å². The first-order chi connectivity index (χ1) is 17.1. The summed E-state index contributed by atoms with van der Waals surface area (Å²) in [6.45, 7) is 7.04. The molecule has 0 radical (unpaired) electrons. The lowest BCUT2D eigenvalue weighted by molar-refractivity contribution is 0.00363. The molecule has 2 aliphatic carbocycles. The third kappa shape index (κ3) is 5.96. The zero-order valence-electron chi connectivity index (χ0n) is 21.8. The summed E-state index contributed by atoms with van der Waals surface area (Å²) >= 11 is 0. The van der Waals surface area contributed by atoms with Gasteiger partial charge >= 0.3 is 6.09 Å². The van der Waals surface area contributed by atoms with Gasteiger partial charge in [0.2, 0.25) is 5.95 Å². The van der Waals surface area contributed by atoms with Crippen LogP contribution in [0.15, 0.2) is 12.4 Å². The molecule has 2 aromatic rings. The Morgan fingerprint density at radius 2 is 1.78 bits per heavy atom. The molecule has 0 atom stereocenters. The van der Waals surface area contributed by atoms with Crippen molar-refractivity contribution in [1.82, 2.24) is 30.0 Å². The number of hydrogen-bond acceptors (Lipinski definition) is 7. The van der Waals surface area contributed by atoms with E-state index in [1.165, 1.54) is 19.0 Å². The third-order valence-corrected chi connectivity index (χ3v) is 7.30. The molecule has 36 heavy (non-hydrogen) atoms. The predicted molar refractivity (Wildman–Crippen MR) is 135 cm³/mol. The largest absolute Gasteiger partial charge is 0.444 e. The van der Waals surface area contributed by atoms with Gasteiger partial charge in [-0.25, -0.2) is 19.2 Å². The lowest BCUT2D eigenvalue weighted by Gasteiger charge is -2.42. The van der Waals surface area contributed by atoms with E-state index in [1.807, 2.05) is 32.5 Å². The van der Waals surface area contributed by atoms with E-state index in [1.54, 1.807) is 11.1 Å². The minimum atomic E-state index is -0.465. The summed E-state index contributed by atoms with van der Waals surface area (Å²) in [5, 5.41) is 11.5. The van der Waals surface area contributed by atoms with E-state index in [9.17, 15) is 9.18 Å². The number of likely N-dealkylation sites (tertiary alicyclic amines) is 1. The number of carbonyl (C=O) groups excluding carboxylic acids is 1. The number of anilines is 1. The number of carbonyl (C=O) groups is 1. The first kappa shape index (κ1) is 24.9. The number of aromatic nitrogens is 4. The van der Waals surface area contributed by atoms with Crippen LogP contribution in [0, 0.1) is 11.7 Å². The molecule has 2 aromatic heterocycles. The Labute approximate surface area is 212 Å². The lowest BCUT2D eigenvalue weighted by Crippen LogP contribution is -2.62. The number of hydrogen-bond donors (Lipinski definition) is 2. The highest BCUT2D eigenvalue weighted by molar-refractivity contribution is 5.69. The quantitative estimate of drug-likeness (QED) is 0.596. The maximum atomic E-state index is 14.7. The number of nitrogens with zero attached hydrogens (tertiary/aromatic N) is 5. The number of nitrogens with one attached hydrogen (secondary N) is 2. The van der Waals surface area contributed by atoms with Crippen LogP contribution in [0.1, 0.15) is 65.0 Å². The molecule has 3 aliphatic rings. The van der Waals surface area contributed by atoms with Crippen LogP contribution in [0.3, 0.4) is 0 Å². The van der Waals surface area contributed by atoms with Gasteiger partial charge in [-0.05, 0) is 71.6 Å². The molecule has 2 saturated carbocycles. The molecule has 1 aliphatic heterocycles. The van der Waals surface area contributed by atoms with Crippen LogP contribution in [0.25, 0.3) is 11.3 Å². The van der Waals surface area contributed by atoms with Gasteiger partial charge in [-0.2, -0.15) is 5.10 Å². The van der Waals surface area contributed by atoms with Crippen LogP contribution in [0.2, 0.25) is 0 Å². The molecular formula is C26H38FN7O2. The number of aryl methyl sites for hydroxylation is 1. The Morgan fingerprint density at radius 1 is 1.08 bits per heavy atom. The number of amides is 1. The molecule has 0 aromatic carbocycles. The van der Waals surface area contributed by atoms with E-state index in [-0.39, 0.29) is 12.1 Å². The molecular weight excluding hydrogens is 461 g/mol. The summed E-state index contributed by atoms with van der Waals surface area (Å²) in [6.07, 6.45) is 10.1. The van der Waals surface area contributed by atoms with Crippen LogP contribution in [0.5, 0.6) is 0 Å². The van der Waals surface area contributed by atoms with Gasteiger partial charge in [0.25, 0.3) is 0 Å². The minimum Gasteiger partial charge on any atom is -0.444 e. The smallest absolute Gasteiger partial charge is 0.410 e. The highest BCUT2D eigenvalue weighted by Crippen LogP contribution is 2.36. The Hall–Kier alpha value is -2.75. The van der Waals surface area contributed by atoms with Crippen molar-refractivity contribution < 1.29 is 13.9 Å².